The Hall–Kier alpha value is -2.66. The number of carbonyl (C=O) groups is 1. The van der Waals surface area contributed by atoms with Crippen LogP contribution in [0, 0.1) is 12.7 Å². The van der Waals surface area contributed by atoms with Crippen LogP contribution >= 0.6 is 11.6 Å². The molecule has 0 amide bonds. The van der Waals surface area contributed by atoms with Gasteiger partial charge in [0.25, 0.3) is 0 Å². The Kier molecular flexibility index (Phi) is 4.48. The Bertz CT molecular complexity index is 976. The molecule has 0 atom stereocenters. The molecular formula is C21H17ClFNO3. The van der Waals surface area contributed by atoms with Crippen LogP contribution in [0.2, 0.25) is 5.02 Å². The van der Waals surface area contributed by atoms with Crippen molar-refractivity contribution in [2.24, 2.45) is 0 Å². The van der Waals surface area contributed by atoms with Gasteiger partial charge in [0.15, 0.2) is 5.76 Å². The summed E-state index contributed by atoms with van der Waals surface area (Å²) in [4.78, 5) is 12.7. The van der Waals surface area contributed by atoms with Crippen molar-refractivity contribution in [3.05, 3.63) is 76.2 Å². The maximum Gasteiger partial charge on any atom is 0.316 e. The van der Waals surface area contributed by atoms with Crippen molar-refractivity contribution >= 4 is 17.6 Å². The van der Waals surface area contributed by atoms with Crippen molar-refractivity contribution < 1.29 is 18.4 Å². The number of ether oxygens (including phenoxy) is 1. The third-order valence-corrected chi connectivity index (χ3v) is 5.26. The lowest BCUT2D eigenvalue weighted by Crippen LogP contribution is -2.23. The molecule has 0 saturated heterocycles. The standard InChI is InChI=1S/C21H17ClFNO3/c1-13-18(24-27-19(13)14-2-8-17(23)9-3-14)12-26-20(25)21(10-11-21)15-4-6-16(22)7-5-15/h2-9H,10-12H2,1H3. The Balaban J connectivity index is 1.47. The Labute approximate surface area is 160 Å². The first-order valence-corrected chi connectivity index (χ1v) is 9.02. The van der Waals surface area contributed by atoms with Gasteiger partial charge in [0, 0.05) is 16.1 Å². The highest BCUT2D eigenvalue weighted by Crippen LogP contribution is 2.49. The third-order valence-electron chi connectivity index (χ3n) is 5.00. The molecule has 0 aliphatic heterocycles. The van der Waals surface area contributed by atoms with E-state index in [1.165, 1.54) is 12.1 Å². The predicted molar refractivity (Wildman–Crippen MR) is 98.8 cm³/mol. The molecule has 2 aromatic carbocycles. The van der Waals surface area contributed by atoms with Gasteiger partial charge in [-0.1, -0.05) is 28.9 Å². The summed E-state index contributed by atoms with van der Waals surface area (Å²) in [5, 5.41) is 4.64. The zero-order chi connectivity index (χ0) is 19.0. The van der Waals surface area contributed by atoms with Crippen molar-refractivity contribution in [3.63, 3.8) is 0 Å². The molecule has 1 fully saturated rings. The van der Waals surface area contributed by atoms with Gasteiger partial charge < -0.3 is 9.26 Å². The zero-order valence-electron chi connectivity index (χ0n) is 14.7. The van der Waals surface area contributed by atoms with Crippen molar-refractivity contribution in [1.82, 2.24) is 5.16 Å². The molecule has 1 aliphatic carbocycles. The van der Waals surface area contributed by atoms with Crippen LogP contribution in [-0.2, 0) is 21.6 Å². The fourth-order valence-corrected chi connectivity index (χ4v) is 3.28. The molecule has 0 radical (unpaired) electrons. The molecular weight excluding hydrogens is 369 g/mol. The van der Waals surface area contributed by atoms with Crippen LogP contribution in [0.5, 0.6) is 0 Å². The van der Waals surface area contributed by atoms with Crippen LogP contribution in [0.1, 0.15) is 29.7 Å². The Morgan fingerprint density at radius 1 is 1.19 bits per heavy atom. The lowest BCUT2D eigenvalue weighted by Gasteiger charge is -2.14. The van der Waals surface area contributed by atoms with E-state index >= 15 is 0 Å². The van der Waals surface area contributed by atoms with Crippen LogP contribution in [0.15, 0.2) is 53.1 Å². The lowest BCUT2D eigenvalue weighted by atomic mass is 9.96. The highest BCUT2D eigenvalue weighted by Gasteiger charge is 2.52. The van der Waals surface area contributed by atoms with Gasteiger partial charge in [-0.05, 0) is 61.7 Å². The van der Waals surface area contributed by atoms with Crippen LogP contribution in [-0.4, -0.2) is 11.1 Å². The number of hydrogen-bond donors (Lipinski definition) is 0. The van der Waals surface area contributed by atoms with E-state index in [0.29, 0.717) is 16.5 Å². The van der Waals surface area contributed by atoms with E-state index in [-0.39, 0.29) is 18.4 Å². The number of aromatic nitrogens is 1. The van der Waals surface area contributed by atoms with E-state index in [4.69, 9.17) is 20.9 Å². The number of benzene rings is 2. The molecule has 0 bridgehead atoms. The van der Waals surface area contributed by atoms with Gasteiger partial charge in [-0.2, -0.15) is 0 Å². The molecule has 4 nitrogen and oxygen atoms in total. The van der Waals surface area contributed by atoms with Gasteiger partial charge in [0.05, 0.1) is 5.41 Å². The van der Waals surface area contributed by atoms with Gasteiger partial charge in [-0.3, -0.25) is 4.79 Å². The maximum absolute atomic E-state index is 13.1. The summed E-state index contributed by atoms with van der Waals surface area (Å²) in [6.45, 7) is 1.87. The second kappa shape index (κ2) is 6.82. The average molecular weight is 386 g/mol. The van der Waals surface area contributed by atoms with Gasteiger partial charge in [-0.25, -0.2) is 4.39 Å². The van der Waals surface area contributed by atoms with Gasteiger partial charge >= 0.3 is 5.97 Å². The third kappa shape index (κ3) is 3.35. The largest absolute Gasteiger partial charge is 0.458 e. The fourth-order valence-electron chi connectivity index (χ4n) is 3.15. The quantitative estimate of drug-likeness (QED) is 0.565. The number of halogens is 2. The zero-order valence-corrected chi connectivity index (χ0v) is 15.4. The van der Waals surface area contributed by atoms with Crippen LogP contribution in [0.3, 0.4) is 0 Å². The van der Waals surface area contributed by atoms with Gasteiger partial charge in [0.1, 0.15) is 18.1 Å². The molecule has 1 heterocycles. The molecule has 1 saturated carbocycles. The minimum Gasteiger partial charge on any atom is -0.458 e. The average Bonchev–Trinajstić information content (AvgIpc) is 3.40. The summed E-state index contributed by atoms with van der Waals surface area (Å²) >= 11 is 5.93. The minimum atomic E-state index is -0.581. The summed E-state index contributed by atoms with van der Waals surface area (Å²) in [6.07, 6.45) is 1.51. The second-order valence-corrected chi connectivity index (χ2v) is 7.19. The predicted octanol–water partition coefficient (Wildman–Crippen LogP) is 5.22. The summed E-state index contributed by atoms with van der Waals surface area (Å²) in [6, 6.07) is 13.3. The number of nitrogens with zero attached hydrogens (tertiary/aromatic N) is 1. The second-order valence-electron chi connectivity index (χ2n) is 6.76. The van der Waals surface area contributed by atoms with Crippen molar-refractivity contribution in [2.75, 3.05) is 0 Å². The lowest BCUT2D eigenvalue weighted by molar-refractivity contribution is -0.148. The smallest absolute Gasteiger partial charge is 0.316 e. The molecule has 0 spiro atoms. The summed E-state index contributed by atoms with van der Waals surface area (Å²) in [7, 11) is 0. The summed E-state index contributed by atoms with van der Waals surface area (Å²) in [5.74, 6) is -0.0440. The fraction of sp³-hybridized carbons (Fsp3) is 0.238. The Morgan fingerprint density at radius 2 is 1.85 bits per heavy atom. The number of esters is 1. The SMILES string of the molecule is Cc1c(COC(=O)C2(c3ccc(Cl)cc3)CC2)noc1-c1ccc(F)cc1. The first-order valence-electron chi connectivity index (χ1n) is 8.64. The van der Waals surface area contributed by atoms with Crippen molar-refractivity contribution in [2.45, 2.75) is 31.8 Å². The maximum atomic E-state index is 13.1. The highest BCUT2D eigenvalue weighted by molar-refractivity contribution is 6.30. The monoisotopic (exact) mass is 385 g/mol. The van der Waals surface area contributed by atoms with Crippen LogP contribution in [0.4, 0.5) is 4.39 Å². The molecule has 3 aromatic rings. The summed E-state index contributed by atoms with van der Waals surface area (Å²) < 4.78 is 24.0. The first-order chi connectivity index (χ1) is 13.0. The molecule has 138 valence electrons. The van der Waals surface area contributed by atoms with Gasteiger partial charge in [-0.15, -0.1) is 0 Å². The molecule has 1 aromatic heterocycles. The van der Waals surface area contributed by atoms with E-state index < -0.39 is 5.41 Å². The summed E-state index contributed by atoms with van der Waals surface area (Å²) in [5.41, 5.74) is 2.38. The van der Waals surface area contributed by atoms with E-state index in [0.717, 1.165) is 29.5 Å². The molecule has 27 heavy (non-hydrogen) atoms. The number of hydrogen-bond acceptors (Lipinski definition) is 4. The number of carbonyl (C=O) groups excluding carboxylic acids is 1. The van der Waals surface area contributed by atoms with Crippen molar-refractivity contribution in [1.29, 1.82) is 0 Å². The van der Waals surface area contributed by atoms with E-state index in [2.05, 4.69) is 5.16 Å². The van der Waals surface area contributed by atoms with Crippen LogP contribution in [0.25, 0.3) is 11.3 Å². The molecule has 0 unspecified atom stereocenters. The van der Waals surface area contributed by atoms with Crippen LogP contribution < -0.4 is 0 Å². The highest BCUT2D eigenvalue weighted by atomic mass is 35.5. The topological polar surface area (TPSA) is 52.3 Å². The molecule has 4 rings (SSSR count). The minimum absolute atomic E-state index is 0.0324. The molecule has 0 N–H and O–H groups in total. The molecule has 6 heteroatoms. The van der Waals surface area contributed by atoms with Crippen molar-refractivity contribution in [3.8, 4) is 11.3 Å². The molecule has 1 aliphatic rings. The number of rotatable bonds is 5. The Morgan fingerprint density at radius 3 is 2.48 bits per heavy atom. The van der Waals surface area contributed by atoms with E-state index in [1.807, 2.05) is 19.1 Å². The van der Waals surface area contributed by atoms with E-state index in [9.17, 15) is 9.18 Å². The first kappa shape index (κ1) is 17.7. The van der Waals surface area contributed by atoms with E-state index in [1.54, 1.807) is 24.3 Å². The van der Waals surface area contributed by atoms with Gasteiger partial charge in [0.2, 0.25) is 0 Å². The normalized spacial score (nSPS) is 14.8.